The summed E-state index contributed by atoms with van der Waals surface area (Å²) >= 11 is 0. The van der Waals surface area contributed by atoms with E-state index in [1.807, 2.05) is 14.0 Å². The van der Waals surface area contributed by atoms with Crippen LogP contribution < -0.4 is 5.32 Å². The Morgan fingerprint density at radius 3 is 3.06 bits per heavy atom. The van der Waals surface area contributed by atoms with Crippen molar-refractivity contribution in [3.8, 4) is 0 Å². The molecule has 0 heterocycles. The first-order valence-corrected chi connectivity index (χ1v) is 6.19. The lowest BCUT2D eigenvalue weighted by molar-refractivity contribution is 0.611. The third-order valence-corrected chi connectivity index (χ3v) is 2.89. The molecule has 0 aromatic rings. The fourth-order valence-corrected chi connectivity index (χ4v) is 1.94. The zero-order chi connectivity index (χ0) is 11.6. The molecule has 1 rings (SSSR count). The summed E-state index contributed by atoms with van der Waals surface area (Å²) in [6.45, 7) is 2.04. The molecule has 0 aliphatic heterocycles. The van der Waals surface area contributed by atoms with Gasteiger partial charge in [0.1, 0.15) is 0 Å². The van der Waals surface area contributed by atoms with Crippen molar-refractivity contribution in [3.05, 3.63) is 48.1 Å². The van der Waals surface area contributed by atoms with Crippen LogP contribution in [-0.4, -0.2) is 13.1 Å². The first-order valence-electron chi connectivity index (χ1n) is 6.19. The maximum Gasteiger partial charge on any atom is 0.0314 e. The molecule has 0 aromatic carbocycles. The predicted molar refractivity (Wildman–Crippen MR) is 72.5 cm³/mol. The van der Waals surface area contributed by atoms with Gasteiger partial charge in [-0.25, -0.2) is 0 Å². The summed E-state index contributed by atoms with van der Waals surface area (Å²) < 4.78 is 0. The largest absolute Gasteiger partial charge is 0.313 e. The van der Waals surface area contributed by atoms with Crippen LogP contribution in [0.25, 0.3) is 0 Å². The lowest BCUT2D eigenvalue weighted by atomic mass is 9.99. The van der Waals surface area contributed by atoms with E-state index in [-0.39, 0.29) is 0 Å². The average molecular weight is 217 g/mol. The van der Waals surface area contributed by atoms with Crippen molar-refractivity contribution >= 4 is 0 Å². The predicted octanol–water partition coefficient (Wildman–Crippen LogP) is 3.76. The second-order valence-corrected chi connectivity index (χ2v) is 4.09. The summed E-state index contributed by atoms with van der Waals surface area (Å²) in [6.07, 6.45) is 20.0. The maximum absolute atomic E-state index is 3.40. The van der Waals surface area contributed by atoms with Gasteiger partial charge in [-0.3, -0.25) is 0 Å². The van der Waals surface area contributed by atoms with Gasteiger partial charge in [0.2, 0.25) is 0 Å². The molecule has 0 saturated carbocycles. The highest BCUT2D eigenvalue weighted by atomic mass is 14.9. The Kier molecular flexibility index (Phi) is 6.59. The molecule has 0 radical (unpaired) electrons. The standard InChI is InChI=1S/C15H23N/c1-3-4-5-10-13-15(16-2)14-11-8-6-7-9-12-14/h3-6,8,10-11,15-16H,7,9,12-13H2,1-2H3/b4-3-,10-5-. The molecular formula is C15H23N. The van der Waals surface area contributed by atoms with Crippen molar-refractivity contribution in [1.82, 2.24) is 5.32 Å². The summed E-state index contributed by atoms with van der Waals surface area (Å²) in [6, 6.07) is 0.490. The smallest absolute Gasteiger partial charge is 0.0314 e. The van der Waals surface area contributed by atoms with Gasteiger partial charge in [0, 0.05) is 6.04 Å². The normalized spacial score (nSPS) is 19.0. The third-order valence-electron chi connectivity index (χ3n) is 2.89. The zero-order valence-electron chi connectivity index (χ0n) is 10.4. The van der Waals surface area contributed by atoms with Gasteiger partial charge in [-0.2, -0.15) is 0 Å². The molecule has 1 heteroatoms. The maximum atomic E-state index is 3.40. The van der Waals surface area contributed by atoms with E-state index in [4.69, 9.17) is 0 Å². The number of hydrogen-bond donors (Lipinski definition) is 1. The van der Waals surface area contributed by atoms with Gasteiger partial charge in [-0.15, -0.1) is 0 Å². The highest BCUT2D eigenvalue weighted by Crippen LogP contribution is 2.18. The van der Waals surface area contributed by atoms with Gasteiger partial charge in [-0.05, 0) is 39.7 Å². The molecule has 1 unspecified atom stereocenters. The van der Waals surface area contributed by atoms with Gasteiger partial charge in [-0.1, -0.05) is 48.1 Å². The van der Waals surface area contributed by atoms with Crippen molar-refractivity contribution in [2.45, 2.75) is 38.6 Å². The molecule has 1 nitrogen and oxygen atoms in total. The van der Waals surface area contributed by atoms with Crippen LogP contribution in [0.2, 0.25) is 0 Å². The Hall–Kier alpha value is -1.08. The molecule has 1 atom stereocenters. The van der Waals surface area contributed by atoms with Crippen LogP contribution in [0, 0.1) is 0 Å². The summed E-state index contributed by atoms with van der Waals surface area (Å²) in [5.74, 6) is 0. The Labute approximate surface area is 99.6 Å². The highest BCUT2D eigenvalue weighted by molar-refractivity contribution is 5.21. The molecule has 88 valence electrons. The molecule has 1 N–H and O–H groups in total. The average Bonchev–Trinajstić information content (AvgIpc) is 2.58. The van der Waals surface area contributed by atoms with E-state index in [1.54, 1.807) is 0 Å². The molecule has 0 amide bonds. The molecular weight excluding hydrogens is 194 g/mol. The van der Waals surface area contributed by atoms with Crippen LogP contribution in [0.1, 0.15) is 32.6 Å². The van der Waals surface area contributed by atoms with E-state index in [0.29, 0.717) is 6.04 Å². The van der Waals surface area contributed by atoms with Crippen LogP contribution in [0.4, 0.5) is 0 Å². The molecule has 0 saturated heterocycles. The van der Waals surface area contributed by atoms with Crippen LogP contribution in [0.15, 0.2) is 48.1 Å². The van der Waals surface area contributed by atoms with Crippen molar-refractivity contribution in [3.63, 3.8) is 0 Å². The number of rotatable bonds is 5. The minimum Gasteiger partial charge on any atom is -0.313 e. The van der Waals surface area contributed by atoms with Gasteiger partial charge in [0.15, 0.2) is 0 Å². The fourth-order valence-electron chi connectivity index (χ4n) is 1.94. The van der Waals surface area contributed by atoms with Crippen molar-refractivity contribution in [2.75, 3.05) is 7.05 Å². The number of hydrogen-bond acceptors (Lipinski definition) is 1. The summed E-state index contributed by atoms with van der Waals surface area (Å²) in [5, 5.41) is 3.40. The number of allylic oxidation sites excluding steroid dienone is 6. The molecule has 0 aromatic heterocycles. The van der Waals surface area contributed by atoms with Crippen LogP contribution in [-0.2, 0) is 0 Å². The Morgan fingerprint density at radius 1 is 1.44 bits per heavy atom. The van der Waals surface area contributed by atoms with Crippen LogP contribution in [0.5, 0.6) is 0 Å². The van der Waals surface area contributed by atoms with Crippen molar-refractivity contribution in [1.29, 1.82) is 0 Å². The Balaban J connectivity index is 2.52. The first kappa shape index (κ1) is 13.0. The van der Waals surface area contributed by atoms with Gasteiger partial charge < -0.3 is 5.32 Å². The number of nitrogens with one attached hydrogen (secondary N) is 1. The number of likely N-dealkylation sites (N-methyl/N-ethyl adjacent to an activating group) is 1. The van der Waals surface area contributed by atoms with E-state index >= 15 is 0 Å². The minimum atomic E-state index is 0.490. The summed E-state index contributed by atoms with van der Waals surface area (Å²) in [7, 11) is 2.05. The van der Waals surface area contributed by atoms with E-state index in [2.05, 4.69) is 47.8 Å². The van der Waals surface area contributed by atoms with Crippen LogP contribution >= 0.6 is 0 Å². The zero-order valence-corrected chi connectivity index (χ0v) is 10.4. The van der Waals surface area contributed by atoms with Gasteiger partial charge in [0.25, 0.3) is 0 Å². The monoisotopic (exact) mass is 217 g/mol. The van der Waals surface area contributed by atoms with E-state index in [1.165, 1.54) is 24.8 Å². The third kappa shape index (κ3) is 4.63. The summed E-state index contributed by atoms with van der Waals surface area (Å²) in [4.78, 5) is 0. The van der Waals surface area contributed by atoms with Crippen molar-refractivity contribution < 1.29 is 0 Å². The molecule has 0 fully saturated rings. The van der Waals surface area contributed by atoms with E-state index < -0.39 is 0 Å². The minimum absolute atomic E-state index is 0.490. The molecule has 16 heavy (non-hydrogen) atoms. The Bertz CT molecular complexity index is 295. The van der Waals surface area contributed by atoms with Gasteiger partial charge >= 0.3 is 0 Å². The van der Waals surface area contributed by atoms with Crippen LogP contribution in [0.3, 0.4) is 0 Å². The quantitative estimate of drug-likeness (QED) is 0.691. The second-order valence-electron chi connectivity index (χ2n) is 4.09. The highest BCUT2D eigenvalue weighted by Gasteiger charge is 2.10. The fraction of sp³-hybridized carbons (Fsp3) is 0.467. The lowest BCUT2D eigenvalue weighted by Gasteiger charge is -2.17. The van der Waals surface area contributed by atoms with E-state index in [0.717, 1.165) is 6.42 Å². The molecule has 0 bridgehead atoms. The topological polar surface area (TPSA) is 12.0 Å². The SMILES string of the molecule is C/C=C\C=C/CC(NC)C1=CC=CCCC1. The second kappa shape index (κ2) is 8.12. The van der Waals surface area contributed by atoms with Gasteiger partial charge in [0.05, 0.1) is 0 Å². The molecule has 0 spiro atoms. The summed E-state index contributed by atoms with van der Waals surface area (Å²) in [5.41, 5.74) is 1.53. The van der Waals surface area contributed by atoms with Crippen molar-refractivity contribution in [2.24, 2.45) is 0 Å². The molecule has 1 aliphatic carbocycles. The lowest BCUT2D eigenvalue weighted by Crippen LogP contribution is -2.26. The molecule has 1 aliphatic rings. The Morgan fingerprint density at radius 2 is 2.31 bits per heavy atom. The van der Waals surface area contributed by atoms with E-state index in [9.17, 15) is 0 Å². The first-order chi connectivity index (χ1) is 7.88.